The van der Waals surface area contributed by atoms with Gasteiger partial charge in [-0.25, -0.2) is 4.79 Å². The van der Waals surface area contributed by atoms with Crippen LogP contribution in [0, 0.1) is 11.8 Å². The van der Waals surface area contributed by atoms with Crippen LogP contribution in [0.1, 0.15) is 39.0 Å². The average Bonchev–Trinajstić information content (AvgIpc) is 2.91. The van der Waals surface area contributed by atoms with Crippen LogP contribution in [0.15, 0.2) is 0 Å². The van der Waals surface area contributed by atoms with Crippen molar-refractivity contribution in [2.75, 3.05) is 26.2 Å². The number of carbonyl (C=O) groups excluding carboxylic acids is 1. The quantitative estimate of drug-likeness (QED) is 0.852. The fourth-order valence-corrected chi connectivity index (χ4v) is 3.20. The van der Waals surface area contributed by atoms with Gasteiger partial charge in [-0.1, -0.05) is 6.92 Å². The molecule has 0 spiro atoms. The molecule has 0 aromatic carbocycles. The van der Waals surface area contributed by atoms with Crippen molar-refractivity contribution in [3.63, 3.8) is 0 Å². The minimum absolute atomic E-state index is 0.145. The van der Waals surface area contributed by atoms with Crippen LogP contribution in [0.25, 0.3) is 0 Å². The van der Waals surface area contributed by atoms with Crippen LogP contribution in [-0.2, 0) is 4.79 Å². The largest absolute Gasteiger partial charge is 0.481 e. The number of hydrogen-bond acceptors (Lipinski definition) is 2. The lowest BCUT2D eigenvalue weighted by atomic mass is 9.85. The van der Waals surface area contributed by atoms with Gasteiger partial charge in [0.2, 0.25) is 0 Å². The van der Waals surface area contributed by atoms with Gasteiger partial charge in [0.1, 0.15) is 0 Å². The number of hydrogen-bond donors (Lipinski definition) is 1. The Morgan fingerprint density at radius 3 is 2.42 bits per heavy atom. The van der Waals surface area contributed by atoms with Crippen molar-refractivity contribution in [2.45, 2.75) is 39.0 Å². The van der Waals surface area contributed by atoms with Gasteiger partial charge in [-0.05, 0) is 37.5 Å². The van der Waals surface area contributed by atoms with E-state index in [1.165, 1.54) is 0 Å². The lowest BCUT2D eigenvalue weighted by Gasteiger charge is -2.37. The standard InChI is InChI=1S/C14H24N2O3/c1-11(9-13(17)18)12-5-4-8-16(10-12)14(19)15-6-2-3-7-15/h11-12H,2-10H2,1H3,(H,17,18). The zero-order valence-corrected chi connectivity index (χ0v) is 11.7. The number of carboxylic acid groups (broad SMARTS) is 1. The van der Waals surface area contributed by atoms with Gasteiger partial charge in [0.25, 0.3) is 0 Å². The Bertz CT molecular complexity index is 340. The molecule has 0 radical (unpaired) electrons. The number of rotatable bonds is 3. The second-order valence-corrected chi connectivity index (χ2v) is 5.90. The van der Waals surface area contributed by atoms with Gasteiger partial charge in [-0.15, -0.1) is 0 Å². The molecule has 19 heavy (non-hydrogen) atoms. The molecule has 108 valence electrons. The minimum Gasteiger partial charge on any atom is -0.481 e. The molecule has 0 aromatic heterocycles. The molecule has 0 bridgehead atoms. The average molecular weight is 268 g/mol. The highest BCUT2D eigenvalue weighted by Gasteiger charge is 2.31. The number of piperidine rings is 1. The summed E-state index contributed by atoms with van der Waals surface area (Å²) in [5.74, 6) is -0.265. The van der Waals surface area contributed by atoms with E-state index in [0.29, 0.717) is 5.92 Å². The molecule has 5 nitrogen and oxygen atoms in total. The molecule has 2 aliphatic heterocycles. The first-order chi connectivity index (χ1) is 9.08. The number of nitrogens with zero attached hydrogens (tertiary/aromatic N) is 2. The predicted octanol–water partition coefficient (Wildman–Crippen LogP) is 2.03. The fourth-order valence-electron chi connectivity index (χ4n) is 3.20. The maximum atomic E-state index is 12.3. The van der Waals surface area contributed by atoms with Gasteiger partial charge in [-0.2, -0.15) is 0 Å². The molecule has 2 heterocycles. The van der Waals surface area contributed by atoms with Crippen molar-refractivity contribution in [3.05, 3.63) is 0 Å². The second kappa shape index (κ2) is 6.26. The zero-order chi connectivity index (χ0) is 13.8. The Kier molecular flexibility index (Phi) is 4.66. The van der Waals surface area contributed by atoms with Gasteiger partial charge >= 0.3 is 12.0 Å². The molecule has 2 amide bonds. The fraction of sp³-hybridized carbons (Fsp3) is 0.857. The van der Waals surface area contributed by atoms with Crippen molar-refractivity contribution >= 4 is 12.0 Å². The summed E-state index contributed by atoms with van der Waals surface area (Å²) in [5.41, 5.74) is 0. The molecule has 2 rings (SSSR count). The first kappa shape index (κ1) is 14.2. The molecule has 2 atom stereocenters. The van der Waals surface area contributed by atoms with Crippen LogP contribution in [0.4, 0.5) is 4.79 Å². The van der Waals surface area contributed by atoms with E-state index in [2.05, 4.69) is 0 Å². The molecule has 0 saturated carbocycles. The van der Waals surface area contributed by atoms with Crippen molar-refractivity contribution < 1.29 is 14.7 Å². The molecule has 2 fully saturated rings. The van der Waals surface area contributed by atoms with Crippen LogP contribution < -0.4 is 0 Å². The Morgan fingerprint density at radius 1 is 1.16 bits per heavy atom. The second-order valence-electron chi connectivity index (χ2n) is 5.90. The normalized spacial score (nSPS) is 25.4. The van der Waals surface area contributed by atoms with E-state index in [9.17, 15) is 9.59 Å². The Balaban J connectivity index is 1.89. The molecular weight excluding hydrogens is 244 g/mol. The monoisotopic (exact) mass is 268 g/mol. The lowest BCUT2D eigenvalue weighted by Crippen LogP contribution is -2.47. The summed E-state index contributed by atoms with van der Waals surface area (Å²) in [6, 6.07) is 0.157. The predicted molar refractivity (Wildman–Crippen MR) is 71.9 cm³/mol. The van der Waals surface area contributed by atoms with Crippen molar-refractivity contribution in [2.24, 2.45) is 11.8 Å². The summed E-state index contributed by atoms with van der Waals surface area (Å²) in [6.07, 6.45) is 4.46. The van der Waals surface area contributed by atoms with Crippen LogP contribution in [0.5, 0.6) is 0 Å². The molecule has 0 aliphatic carbocycles. The number of amides is 2. The number of urea groups is 1. The summed E-state index contributed by atoms with van der Waals surface area (Å²) in [5, 5.41) is 8.87. The van der Waals surface area contributed by atoms with Gasteiger partial charge < -0.3 is 14.9 Å². The molecule has 1 N–H and O–H groups in total. The topological polar surface area (TPSA) is 60.9 Å². The van der Waals surface area contributed by atoms with E-state index < -0.39 is 5.97 Å². The molecule has 5 heteroatoms. The maximum absolute atomic E-state index is 12.3. The van der Waals surface area contributed by atoms with E-state index in [1.807, 2.05) is 16.7 Å². The Labute approximate surface area is 114 Å². The van der Waals surface area contributed by atoms with E-state index in [0.717, 1.165) is 51.9 Å². The number of carbonyl (C=O) groups is 2. The third-order valence-corrected chi connectivity index (χ3v) is 4.41. The zero-order valence-electron chi connectivity index (χ0n) is 11.7. The van der Waals surface area contributed by atoms with Crippen molar-refractivity contribution in [1.29, 1.82) is 0 Å². The third kappa shape index (κ3) is 3.61. The Morgan fingerprint density at radius 2 is 1.79 bits per heavy atom. The van der Waals surface area contributed by atoms with Crippen LogP contribution in [-0.4, -0.2) is 53.1 Å². The van der Waals surface area contributed by atoms with Crippen LogP contribution >= 0.6 is 0 Å². The Hall–Kier alpha value is -1.26. The number of likely N-dealkylation sites (tertiary alicyclic amines) is 2. The minimum atomic E-state index is -0.740. The first-order valence-electron chi connectivity index (χ1n) is 7.33. The summed E-state index contributed by atoms with van der Waals surface area (Å²) in [6.45, 7) is 5.30. The summed E-state index contributed by atoms with van der Waals surface area (Å²) < 4.78 is 0. The highest BCUT2D eigenvalue weighted by molar-refractivity contribution is 5.74. The van der Waals surface area contributed by atoms with Gasteiger partial charge in [-0.3, -0.25) is 4.79 Å². The molecular formula is C14H24N2O3. The van der Waals surface area contributed by atoms with E-state index in [4.69, 9.17) is 5.11 Å². The highest BCUT2D eigenvalue weighted by atomic mass is 16.4. The van der Waals surface area contributed by atoms with Gasteiger partial charge in [0.15, 0.2) is 0 Å². The smallest absolute Gasteiger partial charge is 0.320 e. The number of aliphatic carboxylic acids is 1. The molecule has 2 aliphatic rings. The summed E-state index contributed by atoms with van der Waals surface area (Å²) in [7, 11) is 0. The lowest BCUT2D eigenvalue weighted by molar-refractivity contribution is -0.138. The molecule has 2 unspecified atom stereocenters. The van der Waals surface area contributed by atoms with E-state index >= 15 is 0 Å². The highest BCUT2D eigenvalue weighted by Crippen LogP contribution is 2.27. The van der Waals surface area contributed by atoms with Gasteiger partial charge in [0, 0.05) is 32.6 Å². The van der Waals surface area contributed by atoms with Crippen molar-refractivity contribution in [1.82, 2.24) is 9.80 Å². The van der Waals surface area contributed by atoms with E-state index in [1.54, 1.807) is 0 Å². The van der Waals surface area contributed by atoms with Crippen LogP contribution in [0.3, 0.4) is 0 Å². The molecule has 0 aromatic rings. The maximum Gasteiger partial charge on any atom is 0.320 e. The molecule has 2 saturated heterocycles. The van der Waals surface area contributed by atoms with Gasteiger partial charge in [0.05, 0.1) is 0 Å². The number of carboxylic acids is 1. The third-order valence-electron chi connectivity index (χ3n) is 4.41. The summed E-state index contributed by atoms with van der Waals surface area (Å²) >= 11 is 0. The summed E-state index contributed by atoms with van der Waals surface area (Å²) in [4.78, 5) is 27.0. The SMILES string of the molecule is CC(CC(=O)O)C1CCCN(C(=O)N2CCCC2)C1. The van der Waals surface area contributed by atoms with Crippen LogP contribution in [0.2, 0.25) is 0 Å². The van der Waals surface area contributed by atoms with E-state index in [-0.39, 0.29) is 18.4 Å². The first-order valence-corrected chi connectivity index (χ1v) is 7.33. The van der Waals surface area contributed by atoms with Crippen molar-refractivity contribution in [3.8, 4) is 0 Å².